The highest BCUT2D eigenvalue weighted by Gasteiger charge is 2.20. The number of aliphatic hydroxyl groups excluding tert-OH is 1. The Hall–Kier alpha value is -0.950. The molecule has 0 aliphatic rings. The monoisotopic (exact) mass is 287 g/mol. The normalized spacial score (nSPS) is 15.4. The molecule has 0 amide bonds. The standard InChI is InChI=1S/C13H21NO4S/c1-11(13(15)12-7-4-3-5-8-12)14(2)9-6-10-19(16,17)18/h3-5,7-8,11,13,15H,6,9-10H2,1-2H3,(H,16,17,18)/t11-,13-/m0/s1. The van der Waals surface area contributed by atoms with Crippen molar-refractivity contribution < 1.29 is 18.1 Å². The summed E-state index contributed by atoms with van der Waals surface area (Å²) >= 11 is 0. The first-order valence-electron chi connectivity index (χ1n) is 6.19. The van der Waals surface area contributed by atoms with Gasteiger partial charge in [0.1, 0.15) is 0 Å². The second kappa shape index (κ2) is 7.00. The molecule has 0 unspecified atom stereocenters. The summed E-state index contributed by atoms with van der Waals surface area (Å²) in [5.74, 6) is -0.258. The lowest BCUT2D eigenvalue weighted by molar-refractivity contribution is 0.0727. The third-order valence-electron chi connectivity index (χ3n) is 3.21. The smallest absolute Gasteiger partial charge is 0.264 e. The van der Waals surface area contributed by atoms with Gasteiger partial charge in [-0.15, -0.1) is 0 Å². The molecule has 0 saturated heterocycles. The zero-order chi connectivity index (χ0) is 14.5. The summed E-state index contributed by atoms with van der Waals surface area (Å²) in [6.07, 6.45) is -0.293. The predicted molar refractivity (Wildman–Crippen MR) is 74.5 cm³/mol. The van der Waals surface area contributed by atoms with E-state index in [-0.39, 0.29) is 11.8 Å². The number of likely N-dealkylation sites (N-methyl/N-ethyl adjacent to an activating group) is 1. The fourth-order valence-corrected chi connectivity index (χ4v) is 2.36. The Morgan fingerprint density at radius 1 is 1.26 bits per heavy atom. The van der Waals surface area contributed by atoms with Crippen LogP contribution in [0.25, 0.3) is 0 Å². The molecule has 19 heavy (non-hydrogen) atoms. The number of rotatable bonds is 7. The molecule has 5 nitrogen and oxygen atoms in total. The number of nitrogens with zero attached hydrogens (tertiary/aromatic N) is 1. The number of aliphatic hydroxyl groups is 1. The molecule has 0 heterocycles. The molecule has 2 N–H and O–H groups in total. The van der Waals surface area contributed by atoms with Crippen LogP contribution in [-0.4, -0.2) is 48.4 Å². The van der Waals surface area contributed by atoms with Gasteiger partial charge >= 0.3 is 0 Å². The van der Waals surface area contributed by atoms with Gasteiger partial charge in [0.05, 0.1) is 11.9 Å². The van der Waals surface area contributed by atoms with Crippen LogP contribution >= 0.6 is 0 Å². The van der Waals surface area contributed by atoms with E-state index in [0.29, 0.717) is 13.0 Å². The zero-order valence-electron chi connectivity index (χ0n) is 11.2. The zero-order valence-corrected chi connectivity index (χ0v) is 12.0. The first kappa shape index (κ1) is 16.1. The van der Waals surface area contributed by atoms with Gasteiger partial charge in [-0.25, -0.2) is 0 Å². The molecule has 0 spiro atoms. The van der Waals surface area contributed by atoms with Crippen LogP contribution in [0.5, 0.6) is 0 Å². The maximum absolute atomic E-state index is 10.6. The highest BCUT2D eigenvalue weighted by Crippen LogP contribution is 2.19. The second-order valence-corrected chi connectivity index (χ2v) is 6.29. The van der Waals surface area contributed by atoms with Crippen molar-refractivity contribution in [1.82, 2.24) is 4.90 Å². The van der Waals surface area contributed by atoms with Crippen LogP contribution in [0.4, 0.5) is 0 Å². The van der Waals surface area contributed by atoms with E-state index in [4.69, 9.17) is 4.55 Å². The van der Waals surface area contributed by atoms with Gasteiger partial charge in [0.25, 0.3) is 10.1 Å². The summed E-state index contributed by atoms with van der Waals surface area (Å²) in [6, 6.07) is 9.19. The number of hydrogen-bond acceptors (Lipinski definition) is 4. The van der Waals surface area contributed by atoms with E-state index in [1.807, 2.05) is 49.2 Å². The van der Waals surface area contributed by atoms with Gasteiger partial charge in [-0.05, 0) is 32.5 Å². The lowest BCUT2D eigenvalue weighted by Gasteiger charge is -2.29. The van der Waals surface area contributed by atoms with Crippen LogP contribution in [0.2, 0.25) is 0 Å². The molecule has 6 heteroatoms. The summed E-state index contributed by atoms with van der Waals surface area (Å²) in [5.41, 5.74) is 0.830. The molecule has 1 aromatic carbocycles. The van der Waals surface area contributed by atoms with Crippen molar-refractivity contribution in [3.63, 3.8) is 0 Å². The van der Waals surface area contributed by atoms with E-state index in [1.54, 1.807) is 0 Å². The first-order chi connectivity index (χ1) is 8.81. The molecule has 108 valence electrons. The Labute approximate surface area is 114 Å². The third-order valence-corrected chi connectivity index (χ3v) is 4.01. The molecular weight excluding hydrogens is 266 g/mol. The van der Waals surface area contributed by atoms with E-state index >= 15 is 0 Å². The highest BCUT2D eigenvalue weighted by molar-refractivity contribution is 7.85. The molecule has 1 aromatic rings. The molecule has 0 aliphatic carbocycles. The Morgan fingerprint density at radius 3 is 2.37 bits per heavy atom. The molecule has 2 atom stereocenters. The van der Waals surface area contributed by atoms with Crippen molar-refractivity contribution >= 4 is 10.1 Å². The molecule has 0 bridgehead atoms. The number of benzene rings is 1. The summed E-state index contributed by atoms with van der Waals surface area (Å²) in [7, 11) is -2.09. The summed E-state index contributed by atoms with van der Waals surface area (Å²) in [6.45, 7) is 2.37. The van der Waals surface area contributed by atoms with Crippen LogP contribution in [0.3, 0.4) is 0 Å². The molecule has 0 aliphatic heterocycles. The lowest BCUT2D eigenvalue weighted by atomic mass is 10.0. The van der Waals surface area contributed by atoms with Crippen molar-refractivity contribution in [2.24, 2.45) is 0 Å². The van der Waals surface area contributed by atoms with Gasteiger partial charge < -0.3 is 10.0 Å². The molecule has 0 radical (unpaired) electrons. The Kier molecular flexibility index (Phi) is 5.93. The van der Waals surface area contributed by atoms with Crippen molar-refractivity contribution in [3.8, 4) is 0 Å². The Balaban J connectivity index is 2.50. The average Bonchev–Trinajstić information content (AvgIpc) is 2.36. The first-order valence-corrected chi connectivity index (χ1v) is 7.80. The van der Waals surface area contributed by atoms with Gasteiger partial charge in [-0.3, -0.25) is 4.55 Å². The second-order valence-electron chi connectivity index (χ2n) is 4.72. The van der Waals surface area contributed by atoms with Crippen molar-refractivity contribution in [2.75, 3.05) is 19.3 Å². The van der Waals surface area contributed by atoms with Crippen molar-refractivity contribution in [3.05, 3.63) is 35.9 Å². The van der Waals surface area contributed by atoms with Gasteiger partial charge in [-0.1, -0.05) is 30.3 Å². The highest BCUT2D eigenvalue weighted by atomic mass is 32.2. The van der Waals surface area contributed by atoms with E-state index in [9.17, 15) is 13.5 Å². The van der Waals surface area contributed by atoms with Crippen LogP contribution in [0.15, 0.2) is 30.3 Å². The fraction of sp³-hybridized carbons (Fsp3) is 0.538. The minimum absolute atomic E-state index is 0.135. The van der Waals surface area contributed by atoms with E-state index in [2.05, 4.69) is 0 Å². The molecule has 1 rings (SSSR count). The van der Waals surface area contributed by atoms with Crippen molar-refractivity contribution in [2.45, 2.75) is 25.5 Å². The number of hydrogen-bond donors (Lipinski definition) is 2. The van der Waals surface area contributed by atoms with Crippen LogP contribution in [0.1, 0.15) is 25.0 Å². The van der Waals surface area contributed by atoms with Crippen LogP contribution in [-0.2, 0) is 10.1 Å². The van der Waals surface area contributed by atoms with Gasteiger partial charge in [0.15, 0.2) is 0 Å². The lowest BCUT2D eigenvalue weighted by Crippen LogP contribution is -2.35. The maximum Gasteiger partial charge on any atom is 0.264 e. The molecule has 0 fully saturated rings. The summed E-state index contributed by atoms with van der Waals surface area (Å²) in [4.78, 5) is 1.88. The topological polar surface area (TPSA) is 77.8 Å². The fourth-order valence-electron chi connectivity index (χ4n) is 1.87. The van der Waals surface area contributed by atoms with E-state index < -0.39 is 16.2 Å². The Morgan fingerprint density at radius 2 is 1.84 bits per heavy atom. The largest absolute Gasteiger partial charge is 0.387 e. The molecule has 0 aromatic heterocycles. The van der Waals surface area contributed by atoms with Crippen LogP contribution < -0.4 is 0 Å². The molecule has 0 saturated carbocycles. The average molecular weight is 287 g/mol. The van der Waals surface area contributed by atoms with Gasteiger partial charge in [0, 0.05) is 6.04 Å². The van der Waals surface area contributed by atoms with Gasteiger partial charge in [-0.2, -0.15) is 8.42 Å². The van der Waals surface area contributed by atoms with Crippen LogP contribution in [0, 0.1) is 0 Å². The summed E-state index contributed by atoms with van der Waals surface area (Å²) in [5, 5.41) is 10.2. The maximum atomic E-state index is 10.6. The minimum Gasteiger partial charge on any atom is -0.387 e. The Bertz CT molecular complexity index is 475. The van der Waals surface area contributed by atoms with E-state index in [0.717, 1.165) is 5.56 Å². The molecular formula is C13H21NO4S. The third kappa shape index (κ3) is 5.69. The summed E-state index contributed by atoms with van der Waals surface area (Å²) < 4.78 is 29.9. The quantitative estimate of drug-likeness (QED) is 0.740. The van der Waals surface area contributed by atoms with Gasteiger partial charge in [0.2, 0.25) is 0 Å². The minimum atomic E-state index is -3.91. The SMILES string of the molecule is C[C@@H]([C@H](O)c1ccccc1)N(C)CCCS(=O)(=O)O. The predicted octanol–water partition coefficient (Wildman–Crippen LogP) is 1.32. The van der Waals surface area contributed by atoms with Crippen molar-refractivity contribution in [1.29, 1.82) is 0 Å². The van der Waals surface area contributed by atoms with E-state index in [1.165, 1.54) is 0 Å².